The molecule has 4 heteroatoms. The third kappa shape index (κ3) is 4.42. The molecule has 1 saturated heterocycles. The minimum absolute atomic E-state index is 0.0371. The summed E-state index contributed by atoms with van der Waals surface area (Å²) in [6, 6.07) is 0.0500. The highest BCUT2D eigenvalue weighted by Gasteiger charge is 2.32. The molecule has 0 saturated carbocycles. The second kappa shape index (κ2) is 6.90. The van der Waals surface area contributed by atoms with Gasteiger partial charge in [0.1, 0.15) is 0 Å². The minimum atomic E-state index is -0.598. The van der Waals surface area contributed by atoms with Crippen LogP contribution in [0.1, 0.15) is 40.5 Å². The summed E-state index contributed by atoms with van der Waals surface area (Å²) in [4.78, 5) is 11.7. The van der Waals surface area contributed by atoms with Gasteiger partial charge in [-0.2, -0.15) is 0 Å². The summed E-state index contributed by atoms with van der Waals surface area (Å²) in [5.74, 6) is 0.288. The van der Waals surface area contributed by atoms with Crippen molar-refractivity contribution in [2.45, 2.75) is 64.9 Å². The van der Waals surface area contributed by atoms with Crippen LogP contribution in [0.4, 0.5) is 0 Å². The second-order valence-corrected chi connectivity index (χ2v) is 5.22. The van der Waals surface area contributed by atoms with Gasteiger partial charge in [0.05, 0.1) is 24.4 Å². The molecule has 0 aromatic rings. The predicted octanol–water partition coefficient (Wildman–Crippen LogP) is 1.63. The minimum Gasteiger partial charge on any atom is -0.389 e. The summed E-state index contributed by atoms with van der Waals surface area (Å²) in [6.07, 6.45) is 4.54. The van der Waals surface area contributed by atoms with Crippen LogP contribution in [0.3, 0.4) is 0 Å². The Balaban J connectivity index is 2.50. The van der Waals surface area contributed by atoms with E-state index in [1.165, 1.54) is 12.2 Å². The number of aliphatic hydroxyl groups excluding tert-OH is 1. The van der Waals surface area contributed by atoms with E-state index in [0.29, 0.717) is 12.0 Å². The summed E-state index contributed by atoms with van der Waals surface area (Å²) in [6.45, 7) is 7.89. The van der Waals surface area contributed by atoms with E-state index in [2.05, 4.69) is 19.2 Å². The molecule has 18 heavy (non-hydrogen) atoms. The number of hydrogen-bond acceptors (Lipinski definition) is 3. The molecule has 5 atom stereocenters. The first-order valence-corrected chi connectivity index (χ1v) is 6.76. The topological polar surface area (TPSA) is 58.6 Å². The molecule has 1 fully saturated rings. The number of nitrogens with one attached hydrogen (secondary N) is 1. The van der Waals surface area contributed by atoms with Gasteiger partial charge < -0.3 is 15.2 Å². The molecule has 1 rings (SSSR count). The molecule has 0 aliphatic carbocycles. The molecule has 1 heterocycles. The molecular formula is C14H25NO3. The summed E-state index contributed by atoms with van der Waals surface area (Å²) in [7, 11) is 0. The van der Waals surface area contributed by atoms with Crippen LogP contribution >= 0.6 is 0 Å². The van der Waals surface area contributed by atoms with Gasteiger partial charge in [-0.05, 0) is 32.6 Å². The predicted molar refractivity (Wildman–Crippen MR) is 71.2 cm³/mol. The van der Waals surface area contributed by atoms with Gasteiger partial charge in [0.2, 0.25) is 5.91 Å². The van der Waals surface area contributed by atoms with E-state index in [0.717, 1.165) is 12.8 Å². The molecule has 0 bridgehead atoms. The van der Waals surface area contributed by atoms with Crippen LogP contribution in [0.25, 0.3) is 0 Å². The fraction of sp³-hybridized carbons (Fsp3) is 0.786. The molecule has 1 aliphatic heterocycles. The Hall–Kier alpha value is -0.870. The number of rotatable bonds is 4. The SMILES string of the molecule is CCC1OC(C)C(NC(=O)C=CC(C)O)CC1C. The molecule has 104 valence electrons. The Labute approximate surface area is 109 Å². The summed E-state index contributed by atoms with van der Waals surface area (Å²) >= 11 is 0. The zero-order valence-electron chi connectivity index (χ0n) is 11.7. The maximum absolute atomic E-state index is 11.7. The van der Waals surface area contributed by atoms with Gasteiger partial charge in [-0.1, -0.05) is 19.9 Å². The van der Waals surface area contributed by atoms with E-state index in [-0.39, 0.29) is 18.1 Å². The van der Waals surface area contributed by atoms with E-state index < -0.39 is 6.10 Å². The summed E-state index contributed by atoms with van der Waals surface area (Å²) in [5, 5.41) is 12.0. The van der Waals surface area contributed by atoms with Crippen molar-refractivity contribution in [3.8, 4) is 0 Å². The third-order valence-electron chi connectivity index (χ3n) is 3.47. The average Bonchev–Trinajstić information content (AvgIpc) is 2.30. The van der Waals surface area contributed by atoms with Crippen molar-refractivity contribution < 1.29 is 14.6 Å². The van der Waals surface area contributed by atoms with Gasteiger partial charge in [-0.3, -0.25) is 4.79 Å². The van der Waals surface area contributed by atoms with Crippen LogP contribution < -0.4 is 5.32 Å². The first-order chi connectivity index (χ1) is 8.43. The lowest BCUT2D eigenvalue weighted by Gasteiger charge is -2.39. The Morgan fingerprint density at radius 1 is 1.56 bits per heavy atom. The first kappa shape index (κ1) is 15.2. The van der Waals surface area contributed by atoms with Crippen molar-refractivity contribution in [3.05, 3.63) is 12.2 Å². The molecule has 1 aliphatic rings. The molecule has 0 spiro atoms. The van der Waals surface area contributed by atoms with Crippen LogP contribution in [0.2, 0.25) is 0 Å². The summed E-state index contributed by atoms with van der Waals surface area (Å²) < 4.78 is 5.90. The molecular weight excluding hydrogens is 230 g/mol. The van der Waals surface area contributed by atoms with E-state index in [9.17, 15) is 4.79 Å². The molecule has 0 radical (unpaired) electrons. The highest BCUT2D eigenvalue weighted by atomic mass is 16.5. The van der Waals surface area contributed by atoms with Crippen molar-refractivity contribution in [1.29, 1.82) is 0 Å². The van der Waals surface area contributed by atoms with Crippen LogP contribution in [-0.4, -0.2) is 35.4 Å². The number of aliphatic hydroxyl groups is 1. The number of amides is 1. The zero-order chi connectivity index (χ0) is 13.7. The Bertz CT molecular complexity index is 301. The van der Waals surface area contributed by atoms with Gasteiger partial charge in [0, 0.05) is 6.08 Å². The third-order valence-corrected chi connectivity index (χ3v) is 3.47. The van der Waals surface area contributed by atoms with E-state index in [1.807, 2.05) is 6.92 Å². The maximum atomic E-state index is 11.7. The lowest BCUT2D eigenvalue weighted by molar-refractivity contribution is -0.124. The second-order valence-electron chi connectivity index (χ2n) is 5.22. The van der Waals surface area contributed by atoms with Gasteiger partial charge in [0.15, 0.2) is 0 Å². The molecule has 4 nitrogen and oxygen atoms in total. The summed E-state index contributed by atoms with van der Waals surface area (Å²) in [5.41, 5.74) is 0. The fourth-order valence-corrected chi connectivity index (χ4v) is 2.38. The maximum Gasteiger partial charge on any atom is 0.244 e. The van der Waals surface area contributed by atoms with Crippen LogP contribution in [0.5, 0.6) is 0 Å². The number of hydrogen-bond donors (Lipinski definition) is 2. The normalized spacial score (nSPS) is 34.5. The van der Waals surface area contributed by atoms with Gasteiger partial charge in [0.25, 0.3) is 0 Å². The van der Waals surface area contributed by atoms with Crippen molar-refractivity contribution in [2.75, 3.05) is 0 Å². The number of ether oxygens (including phenoxy) is 1. The Morgan fingerprint density at radius 3 is 2.78 bits per heavy atom. The van der Waals surface area contributed by atoms with E-state index in [4.69, 9.17) is 9.84 Å². The van der Waals surface area contributed by atoms with Crippen molar-refractivity contribution in [1.82, 2.24) is 5.32 Å². The van der Waals surface area contributed by atoms with Crippen LogP contribution in [0.15, 0.2) is 12.2 Å². The highest BCUT2D eigenvalue weighted by molar-refractivity contribution is 5.87. The van der Waals surface area contributed by atoms with Crippen LogP contribution in [-0.2, 0) is 9.53 Å². The quantitative estimate of drug-likeness (QED) is 0.751. The van der Waals surface area contributed by atoms with E-state index in [1.54, 1.807) is 6.92 Å². The lowest BCUT2D eigenvalue weighted by atomic mass is 9.89. The van der Waals surface area contributed by atoms with Crippen LogP contribution in [0, 0.1) is 5.92 Å². The van der Waals surface area contributed by atoms with Crippen molar-refractivity contribution >= 4 is 5.91 Å². The largest absolute Gasteiger partial charge is 0.389 e. The number of carbonyl (C=O) groups is 1. The molecule has 1 amide bonds. The van der Waals surface area contributed by atoms with Gasteiger partial charge >= 0.3 is 0 Å². The van der Waals surface area contributed by atoms with Gasteiger partial charge in [-0.25, -0.2) is 0 Å². The lowest BCUT2D eigenvalue weighted by Crippen LogP contribution is -2.50. The van der Waals surface area contributed by atoms with Gasteiger partial charge in [-0.15, -0.1) is 0 Å². The molecule has 2 N–H and O–H groups in total. The first-order valence-electron chi connectivity index (χ1n) is 6.76. The standard InChI is InChI=1S/C14H25NO3/c1-5-13-9(2)8-12(11(4)18-13)15-14(17)7-6-10(3)16/h6-7,9-13,16H,5,8H2,1-4H3,(H,15,17). The molecule has 5 unspecified atom stereocenters. The monoisotopic (exact) mass is 255 g/mol. The average molecular weight is 255 g/mol. The Kier molecular flexibility index (Phi) is 5.82. The van der Waals surface area contributed by atoms with Crippen molar-refractivity contribution in [3.63, 3.8) is 0 Å². The van der Waals surface area contributed by atoms with Crippen molar-refractivity contribution in [2.24, 2.45) is 5.92 Å². The van der Waals surface area contributed by atoms with E-state index >= 15 is 0 Å². The smallest absolute Gasteiger partial charge is 0.244 e. The fourth-order valence-electron chi connectivity index (χ4n) is 2.38. The highest BCUT2D eigenvalue weighted by Crippen LogP contribution is 2.26. The molecule has 0 aromatic heterocycles. The molecule has 0 aromatic carbocycles. The zero-order valence-corrected chi connectivity index (χ0v) is 11.7. The number of carbonyl (C=O) groups excluding carboxylic acids is 1. The Morgan fingerprint density at radius 2 is 2.22 bits per heavy atom.